The van der Waals surface area contributed by atoms with Crippen molar-refractivity contribution >= 4 is 28.9 Å². The van der Waals surface area contributed by atoms with Crippen molar-refractivity contribution in [1.82, 2.24) is 9.78 Å². The second kappa shape index (κ2) is 9.37. The number of alkyl halides is 3. The third kappa shape index (κ3) is 4.27. The normalized spacial score (nSPS) is 16.0. The van der Waals surface area contributed by atoms with Crippen LogP contribution in [0.4, 0.5) is 30.2 Å². The molecule has 3 aromatic carbocycles. The summed E-state index contributed by atoms with van der Waals surface area (Å²) < 4.78 is 42.8. The molecule has 7 nitrogen and oxygen atoms in total. The highest BCUT2D eigenvalue weighted by Crippen LogP contribution is 2.45. The van der Waals surface area contributed by atoms with E-state index in [2.05, 4.69) is 5.10 Å². The Morgan fingerprint density at radius 3 is 2.29 bits per heavy atom. The van der Waals surface area contributed by atoms with Crippen molar-refractivity contribution in [3.8, 4) is 16.9 Å². The van der Waals surface area contributed by atoms with Crippen molar-refractivity contribution in [3.05, 3.63) is 90.3 Å². The molecular formula is C28H23F3N4O3. The van der Waals surface area contributed by atoms with E-state index in [0.717, 1.165) is 17.0 Å². The van der Waals surface area contributed by atoms with E-state index < -0.39 is 29.5 Å². The number of aromatic hydroxyl groups is 1. The zero-order valence-corrected chi connectivity index (χ0v) is 20.5. The highest BCUT2D eigenvalue weighted by atomic mass is 19.4. The standard InChI is InChI=1S/C28H23F3N4O3/c1-3-34-22-11-10-19(28(29,30)31)14-23(22)35(20-7-5-4-6-8-20)27(38)25(26(34)37)21-13-17(9-12-24(21)36)18-15-32-33(2)16-18/h4-16,25,36H,3H2,1-2H3. The summed E-state index contributed by atoms with van der Waals surface area (Å²) in [6.45, 7) is 1.76. The predicted molar refractivity (Wildman–Crippen MR) is 136 cm³/mol. The van der Waals surface area contributed by atoms with E-state index in [1.807, 2.05) is 0 Å². The van der Waals surface area contributed by atoms with Gasteiger partial charge in [-0.1, -0.05) is 24.3 Å². The molecule has 5 rings (SSSR count). The second-order valence-corrected chi connectivity index (χ2v) is 8.90. The van der Waals surface area contributed by atoms with Crippen molar-refractivity contribution < 1.29 is 27.9 Å². The molecule has 10 heteroatoms. The minimum Gasteiger partial charge on any atom is -0.508 e. The van der Waals surface area contributed by atoms with Gasteiger partial charge < -0.3 is 10.0 Å². The van der Waals surface area contributed by atoms with Gasteiger partial charge in [0, 0.05) is 36.6 Å². The number of para-hydroxylation sites is 1. The van der Waals surface area contributed by atoms with Crippen LogP contribution in [0.1, 0.15) is 24.0 Å². The van der Waals surface area contributed by atoms with Gasteiger partial charge in [0.2, 0.25) is 11.8 Å². The summed E-state index contributed by atoms with van der Waals surface area (Å²) in [6, 6.07) is 15.7. The molecule has 4 aromatic rings. The molecule has 0 saturated carbocycles. The Labute approximate surface area is 216 Å². The smallest absolute Gasteiger partial charge is 0.416 e. The van der Waals surface area contributed by atoms with Crippen LogP contribution in [0, 0.1) is 0 Å². The Hall–Kier alpha value is -4.60. The quantitative estimate of drug-likeness (QED) is 0.354. The number of carbonyl (C=O) groups excluding carboxylic acids is 2. The third-order valence-corrected chi connectivity index (χ3v) is 6.52. The molecule has 2 amide bonds. The lowest BCUT2D eigenvalue weighted by molar-refractivity contribution is -0.137. The number of rotatable bonds is 4. The molecule has 0 radical (unpaired) electrons. The molecule has 2 heterocycles. The number of anilines is 3. The molecule has 1 aliphatic rings. The van der Waals surface area contributed by atoms with Crippen LogP contribution in [0.5, 0.6) is 5.75 Å². The third-order valence-electron chi connectivity index (χ3n) is 6.52. The Bertz CT molecular complexity index is 1530. The van der Waals surface area contributed by atoms with Gasteiger partial charge in [-0.15, -0.1) is 0 Å². The van der Waals surface area contributed by atoms with Crippen LogP contribution in [-0.4, -0.2) is 33.2 Å². The summed E-state index contributed by atoms with van der Waals surface area (Å²) in [5, 5.41) is 15.0. The molecule has 1 atom stereocenters. The van der Waals surface area contributed by atoms with Crippen LogP contribution in [0.2, 0.25) is 0 Å². The molecule has 0 saturated heterocycles. The minimum atomic E-state index is -4.66. The van der Waals surface area contributed by atoms with Crippen LogP contribution in [0.3, 0.4) is 0 Å². The first-order valence-corrected chi connectivity index (χ1v) is 11.8. The highest BCUT2D eigenvalue weighted by molar-refractivity contribution is 6.23. The number of benzene rings is 3. The summed E-state index contributed by atoms with van der Waals surface area (Å²) >= 11 is 0. The number of hydrogen-bond acceptors (Lipinski definition) is 4. The number of nitrogens with zero attached hydrogens (tertiary/aromatic N) is 4. The van der Waals surface area contributed by atoms with Crippen molar-refractivity contribution in [2.75, 3.05) is 16.3 Å². The Morgan fingerprint density at radius 1 is 0.921 bits per heavy atom. The minimum absolute atomic E-state index is 0.0459. The number of hydrogen-bond donors (Lipinski definition) is 1. The topological polar surface area (TPSA) is 78.7 Å². The largest absolute Gasteiger partial charge is 0.508 e. The van der Waals surface area contributed by atoms with Gasteiger partial charge in [-0.2, -0.15) is 18.3 Å². The predicted octanol–water partition coefficient (Wildman–Crippen LogP) is 5.63. The fourth-order valence-corrected chi connectivity index (χ4v) is 4.71. The first-order valence-electron chi connectivity index (χ1n) is 11.8. The van der Waals surface area contributed by atoms with Crippen LogP contribution in [0.25, 0.3) is 11.1 Å². The van der Waals surface area contributed by atoms with Crippen LogP contribution >= 0.6 is 0 Å². The van der Waals surface area contributed by atoms with Gasteiger partial charge in [0.15, 0.2) is 0 Å². The first kappa shape index (κ1) is 25.1. The average Bonchev–Trinajstić information content (AvgIpc) is 3.29. The van der Waals surface area contributed by atoms with Gasteiger partial charge in [0.05, 0.1) is 23.1 Å². The second-order valence-electron chi connectivity index (χ2n) is 8.90. The fourth-order valence-electron chi connectivity index (χ4n) is 4.71. The first-order chi connectivity index (χ1) is 18.1. The lowest BCUT2D eigenvalue weighted by Crippen LogP contribution is -2.39. The SMILES string of the molecule is CCN1C(=O)C(c2cc(-c3cnn(C)c3)ccc2O)C(=O)N(c2ccccc2)c2cc(C(F)(F)F)ccc21. The summed E-state index contributed by atoms with van der Waals surface area (Å²) in [7, 11) is 1.74. The maximum Gasteiger partial charge on any atom is 0.416 e. The van der Waals surface area contributed by atoms with Crippen LogP contribution < -0.4 is 9.80 Å². The van der Waals surface area contributed by atoms with Crippen molar-refractivity contribution in [1.29, 1.82) is 0 Å². The van der Waals surface area contributed by atoms with Gasteiger partial charge in [-0.05, 0) is 55.0 Å². The van der Waals surface area contributed by atoms with E-state index in [-0.39, 0.29) is 34.9 Å². The summed E-state index contributed by atoms with van der Waals surface area (Å²) in [6.07, 6.45) is -1.31. The van der Waals surface area contributed by atoms with E-state index in [0.29, 0.717) is 11.1 Å². The van der Waals surface area contributed by atoms with E-state index in [9.17, 15) is 27.9 Å². The number of phenols is 1. The van der Waals surface area contributed by atoms with Crippen molar-refractivity contribution in [3.63, 3.8) is 0 Å². The number of aromatic nitrogens is 2. The maximum atomic E-state index is 14.2. The van der Waals surface area contributed by atoms with Gasteiger partial charge in [-0.25, -0.2) is 0 Å². The molecule has 0 fully saturated rings. The molecule has 0 aliphatic carbocycles. The lowest BCUT2D eigenvalue weighted by Gasteiger charge is -2.26. The Balaban J connectivity index is 1.75. The van der Waals surface area contributed by atoms with Gasteiger partial charge in [-0.3, -0.25) is 19.2 Å². The Morgan fingerprint density at radius 2 is 1.66 bits per heavy atom. The van der Waals surface area contributed by atoms with Gasteiger partial charge >= 0.3 is 6.18 Å². The number of aryl methyl sites for hydroxylation is 1. The van der Waals surface area contributed by atoms with Crippen LogP contribution in [0.15, 0.2) is 79.1 Å². The molecule has 1 unspecified atom stereocenters. The van der Waals surface area contributed by atoms with E-state index in [1.165, 1.54) is 17.0 Å². The summed E-state index contributed by atoms with van der Waals surface area (Å²) in [4.78, 5) is 30.6. The zero-order valence-electron chi connectivity index (χ0n) is 20.5. The fraction of sp³-hybridized carbons (Fsp3) is 0.179. The number of fused-ring (bicyclic) bond motifs is 1. The van der Waals surface area contributed by atoms with Crippen LogP contribution in [-0.2, 0) is 22.8 Å². The maximum absolute atomic E-state index is 14.2. The number of halogens is 3. The molecule has 1 aliphatic heterocycles. The molecule has 1 aromatic heterocycles. The highest BCUT2D eigenvalue weighted by Gasteiger charge is 2.44. The van der Waals surface area contributed by atoms with Crippen molar-refractivity contribution in [2.24, 2.45) is 7.05 Å². The average molecular weight is 521 g/mol. The molecule has 0 spiro atoms. The summed E-state index contributed by atoms with van der Waals surface area (Å²) in [5.74, 6) is -3.24. The molecular weight excluding hydrogens is 497 g/mol. The van der Waals surface area contributed by atoms with E-state index >= 15 is 0 Å². The van der Waals surface area contributed by atoms with E-state index in [4.69, 9.17) is 0 Å². The number of likely N-dealkylation sites (N-methyl/N-ethyl adjacent to an activating group) is 1. The monoisotopic (exact) mass is 520 g/mol. The molecule has 0 bridgehead atoms. The van der Waals surface area contributed by atoms with E-state index in [1.54, 1.807) is 73.5 Å². The Kier molecular flexibility index (Phi) is 6.18. The summed E-state index contributed by atoms with van der Waals surface area (Å²) in [5.41, 5.74) is 0.786. The number of amides is 2. The number of phenolic OH excluding ortho intramolecular Hbond substituents is 1. The molecule has 1 N–H and O–H groups in total. The van der Waals surface area contributed by atoms with Gasteiger partial charge in [0.25, 0.3) is 0 Å². The molecule has 194 valence electrons. The number of carbonyl (C=O) groups is 2. The zero-order chi connectivity index (χ0) is 27.2. The van der Waals surface area contributed by atoms with Crippen molar-refractivity contribution in [2.45, 2.75) is 19.0 Å². The van der Waals surface area contributed by atoms with Gasteiger partial charge in [0.1, 0.15) is 11.7 Å². The molecule has 38 heavy (non-hydrogen) atoms. The lowest BCUT2D eigenvalue weighted by atomic mass is 9.92.